The summed E-state index contributed by atoms with van der Waals surface area (Å²) in [7, 11) is 0. The lowest BCUT2D eigenvalue weighted by Gasteiger charge is -2.17. The molecule has 1 unspecified atom stereocenters. The van der Waals surface area contributed by atoms with Crippen LogP contribution in [-0.4, -0.2) is 9.97 Å². The maximum atomic E-state index is 5.96. The molecule has 2 N–H and O–H groups in total. The van der Waals surface area contributed by atoms with E-state index in [1.54, 1.807) is 11.3 Å². The van der Waals surface area contributed by atoms with E-state index in [1.165, 1.54) is 27.5 Å². The Hall–Kier alpha value is -1.42. The lowest BCUT2D eigenvalue weighted by atomic mass is 9.93. The number of hydrogen-bond acceptors (Lipinski definition) is 4. The zero-order chi connectivity index (χ0) is 18.7. The van der Waals surface area contributed by atoms with E-state index in [9.17, 15) is 0 Å². The molecule has 3 nitrogen and oxygen atoms in total. The molecule has 0 spiro atoms. The Morgan fingerprint density at radius 2 is 1.56 bits per heavy atom. The largest absolute Gasteiger partial charge is 0.375 e. The molecule has 138 valence electrons. The number of nitrogens with zero attached hydrogens (tertiary/aromatic N) is 2. The average molecular weight is 360 g/mol. The number of aromatic nitrogens is 2. The summed E-state index contributed by atoms with van der Waals surface area (Å²) in [6, 6.07) is 4.47. The Morgan fingerprint density at radius 3 is 2.12 bits per heavy atom. The van der Waals surface area contributed by atoms with Crippen LogP contribution in [0.2, 0.25) is 0 Å². The van der Waals surface area contributed by atoms with Crippen molar-refractivity contribution in [3.8, 4) is 0 Å². The Kier molecular flexibility index (Phi) is 6.61. The monoisotopic (exact) mass is 359 g/mol. The molecule has 0 amide bonds. The molecule has 0 bridgehead atoms. The van der Waals surface area contributed by atoms with Gasteiger partial charge in [0.2, 0.25) is 0 Å². The van der Waals surface area contributed by atoms with Gasteiger partial charge in [-0.25, -0.2) is 4.98 Å². The lowest BCUT2D eigenvalue weighted by molar-refractivity contribution is 0.639. The van der Waals surface area contributed by atoms with Crippen LogP contribution in [0.15, 0.2) is 12.1 Å². The second kappa shape index (κ2) is 8.31. The van der Waals surface area contributed by atoms with Gasteiger partial charge < -0.3 is 5.73 Å². The normalized spacial score (nSPS) is 13.2. The number of rotatable bonds is 7. The van der Waals surface area contributed by atoms with Gasteiger partial charge in [0.15, 0.2) is 5.13 Å². The summed E-state index contributed by atoms with van der Waals surface area (Å²) in [6.07, 6.45) is 2.03. The third-order valence-corrected chi connectivity index (χ3v) is 5.91. The quantitative estimate of drug-likeness (QED) is 0.638. The van der Waals surface area contributed by atoms with Crippen molar-refractivity contribution >= 4 is 16.5 Å². The van der Waals surface area contributed by atoms with E-state index in [4.69, 9.17) is 10.7 Å². The van der Waals surface area contributed by atoms with Crippen molar-refractivity contribution < 1.29 is 0 Å². The Morgan fingerprint density at radius 1 is 0.880 bits per heavy atom. The van der Waals surface area contributed by atoms with E-state index in [0.717, 1.165) is 12.8 Å². The molecule has 2 aromatic heterocycles. The molecule has 0 aliphatic rings. The van der Waals surface area contributed by atoms with Crippen molar-refractivity contribution in [2.45, 2.75) is 85.0 Å². The van der Waals surface area contributed by atoms with E-state index in [2.05, 4.69) is 65.6 Å². The summed E-state index contributed by atoms with van der Waals surface area (Å²) in [5.74, 6) is 1.85. The van der Waals surface area contributed by atoms with Crippen LogP contribution in [0, 0.1) is 0 Å². The molecule has 2 heterocycles. The number of pyridine rings is 1. The van der Waals surface area contributed by atoms with Crippen LogP contribution in [0.3, 0.4) is 0 Å². The topological polar surface area (TPSA) is 51.8 Å². The average Bonchev–Trinajstić information content (AvgIpc) is 2.94. The predicted octanol–water partition coefficient (Wildman–Crippen LogP) is 6.23. The molecule has 0 aliphatic carbocycles. The summed E-state index contributed by atoms with van der Waals surface area (Å²) in [5, 5.41) is 0.687. The summed E-state index contributed by atoms with van der Waals surface area (Å²) < 4.78 is 0. The number of anilines is 1. The second-order valence-corrected chi connectivity index (χ2v) is 9.04. The molecule has 0 saturated carbocycles. The first kappa shape index (κ1) is 19.9. The molecule has 0 saturated heterocycles. The van der Waals surface area contributed by atoms with Crippen LogP contribution in [0.25, 0.3) is 0 Å². The van der Waals surface area contributed by atoms with Crippen LogP contribution in [0.4, 0.5) is 5.13 Å². The van der Waals surface area contributed by atoms with E-state index < -0.39 is 0 Å². The fraction of sp³-hybridized carbons (Fsp3) is 0.619. The highest BCUT2D eigenvalue weighted by atomic mass is 32.1. The fourth-order valence-electron chi connectivity index (χ4n) is 3.25. The first-order valence-corrected chi connectivity index (χ1v) is 10.3. The Labute approximate surface area is 157 Å². The van der Waals surface area contributed by atoms with Gasteiger partial charge in [-0.15, -0.1) is 11.3 Å². The van der Waals surface area contributed by atoms with Gasteiger partial charge in [0.25, 0.3) is 0 Å². The van der Waals surface area contributed by atoms with Gasteiger partial charge in [-0.05, 0) is 48.1 Å². The molecule has 25 heavy (non-hydrogen) atoms. The van der Waals surface area contributed by atoms with Gasteiger partial charge in [0.05, 0.1) is 5.69 Å². The predicted molar refractivity (Wildman–Crippen MR) is 110 cm³/mol. The van der Waals surface area contributed by atoms with E-state index in [1.807, 2.05) is 0 Å². The van der Waals surface area contributed by atoms with Crippen LogP contribution in [0.5, 0.6) is 0 Å². The zero-order valence-corrected chi connectivity index (χ0v) is 17.6. The van der Waals surface area contributed by atoms with Gasteiger partial charge in [0, 0.05) is 16.3 Å². The molecule has 0 aromatic carbocycles. The van der Waals surface area contributed by atoms with E-state index in [-0.39, 0.29) is 0 Å². The van der Waals surface area contributed by atoms with Crippen LogP contribution in [-0.2, 0) is 6.42 Å². The highest BCUT2D eigenvalue weighted by Crippen LogP contribution is 2.34. The van der Waals surface area contributed by atoms with Crippen LogP contribution in [0.1, 0.15) is 106 Å². The van der Waals surface area contributed by atoms with Crippen molar-refractivity contribution in [2.24, 2.45) is 0 Å². The summed E-state index contributed by atoms with van der Waals surface area (Å²) in [5.41, 5.74) is 11.0. The first-order chi connectivity index (χ1) is 11.7. The van der Waals surface area contributed by atoms with Gasteiger partial charge >= 0.3 is 0 Å². The zero-order valence-electron chi connectivity index (χ0n) is 16.8. The fourth-order valence-corrected chi connectivity index (χ4v) is 4.20. The number of nitrogen functional groups attached to an aromatic ring is 1. The van der Waals surface area contributed by atoms with Gasteiger partial charge in [-0.2, -0.15) is 0 Å². The second-order valence-electron chi connectivity index (χ2n) is 7.98. The maximum absolute atomic E-state index is 5.96. The number of nitrogens with two attached hydrogens (primary N) is 1. The third-order valence-electron chi connectivity index (χ3n) is 4.71. The highest BCUT2D eigenvalue weighted by Gasteiger charge is 2.19. The van der Waals surface area contributed by atoms with Gasteiger partial charge in [-0.1, -0.05) is 54.5 Å². The molecule has 2 rings (SSSR count). The first-order valence-electron chi connectivity index (χ1n) is 9.46. The molecule has 1 atom stereocenters. The molecule has 4 heteroatoms. The number of thiazole rings is 1. The Bertz CT molecular complexity index is 701. The standard InChI is InChI=1S/C21H33N3S/c1-12(2)17-11-10-16(23-18(17)13(3)4)9-8-15(7)19-20(14(5)6)25-21(22)24-19/h10-15H,8-9H2,1-7H3,(H2,22,24). The Balaban J connectivity index is 2.15. The summed E-state index contributed by atoms with van der Waals surface area (Å²) in [4.78, 5) is 10.9. The van der Waals surface area contributed by atoms with Crippen molar-refractivity contribution in [2.75, 3.05) is 5.73 Å². The molecular weight excluding hydrogens is 326 g/mol. The number of hydrogen-bond donors (Lipinski definition) is 1. The summed E-state index contributed by atoms with van der Waals surface area (Å²) in [6.45, 7) is 15.6. The SMILES string of the molecule is CC(C)c1ccc(CCC(C)c2nc(N)sc2C(C)C)nc1C(C)C. The summed E-state index contributed by atoms with van der Waals surface area (Å²) >= 11 is 1.64. The smallest absolute Gasteiger partial charge is 0.180 e. The van der Waals surface area contributed by atoms with Crippen LogP contribution < -0.4 is 5.73 Å². The van der Waals surface area contributed by atoms with Crippen molar-refractivity contribution in [3.63, 3.8) is 0 Å². The minimum atomic E-state index is 0.403. The van der Waals surface area contributed by atoms with Gasteiger partial charge in [-0.3, -0.25) is 4.98 Å². The van der Waals surface area contributed by atoms with Crippen molar-refractivity contribution in [3.05, 3.63) is 39.7 Å². The van der Waals surface area contributed by atoms with Crippen molar-refractivity contribution in [1.29, 1.82) is 0 Å². The molecular formula is C21H33N3S. The van der Waals surface area contributed by atoms with E-state index >= 15 is 0 Å². The lowest BCUT2D eigenvalue weighted by Crippen LogP contribution is -2.06. The van der Waals surface area contributed by atoms with Gasteiger partial charge in [0.1, 0.15) is 0 Å². The highest BCUT2D eigenvalue weighted by molar-refractivity contribution is 7.15. The molecule has 2 aromatic rings. The van der Waals surface area contributed by atoms with Crippen LogP contribution >= 0.6 is 11.3 Å². The maximum Gasteiger partial charge on any atom is 0.180 e. The minimum absolute atomic E-state index is 0.403. The van der Waals surface area contributed by atoms with Crippen molar-refractivity contribution in [1.82, 2.24) is 9.97 Å². The molecule has 0 aliphatic heterocycles. The van der Waals surface area contributed by atoms with E-state index in [0.29, 0.717) is 28.8 Å². The molecule has 0 fully saturated rings. The third kappa shape index (κ3) is 4.81. The minimum Gasteiger partial charge on any atom is -0.375 e. The molecule has 0 radical (unpaired) electrons. The number of aryl methyl sites for hydroxylation is 1.